The third-order valence-electron chi connectivity index (χ3n) is 3.21. The fraction of sp³-hybridized carbons (Fsp3) is 0.500. The van der Waals surface area contributed by atoms with Crippen molar-refractivity contribution in [3.05, 3.63) is 34.9 Å². The highest BCUT2D eigenvalue weighted by molar-refractivity contribution is 5.32. The van der Waals surface area contributed by atoms with Gasteiger partial charge in [-0.3, -0.25) is 0 Å². The summed E-state index contributed by atoms with van der Waals surface area (Å²) in [5.74, 6) is -3.64. The fourth-order valence-corrected chi connectivity index (χ4v) is 2.11. The second-order valence-electron chi connectivity index (χ2n) is 4.43. The summed E-state index contributed by atoms with van der Waals surface area (Å²) in [5, 5.41) is 10.2. The van der Waals surface area contributed by atoms with Crippen molar-refractivity contribution >= 4 is 0 Å². The smallest absolute Gasteiger partial charge is 0.385 e. The summed E-state index contributed by atoms with van der Waals surface area (Å²) in [6, 6.07) is 1.23. The van der Waals surface area contributed by atoms with Gasteiger partial charge >= 0.3 is 6.18 Å². The number of ether oxygens (including phenoxy) is 1. The number of aliphatic hydroxyl groups is 1. The Kier molecular flexibility index (Phi) is 3.53. The van der Waals surface area contributed by atoms with Crippen LogP contribution in [0.3, 0.4) is 0 Å². The van der Waals surface area contributed by atoms with Crippen molar-refractivity contribution in [2.75, 3.05) is 13.2 Å². The van der Waals surface area contributed by atoms with E-state index in [-0.39, 0.29) is 26.1 Å². The maximum atomic E-state index is 13.7. The molecule has 1 saturated heterocycles. The maximum Gasteiger partial charge on any atom is 0.419 e. The molecule has 0 atom stereocenters. The Labute approximate surface area is 105 Å². The first-order valence-corrected chi connectivity index (χ1v) is 5.61. The first kappa shape index (κ1) is 14.2. The highest BCUT2D eigenvalue weighted by Crippen LogP contribution is 2.38. The summed E-state index contributed by atoms with van der Waals surface area (Å²) in [4.78, 5) is 0. The fourth-order valence-electron chi connectivity index (χ4n) is 2.11. The molecule has 1 aromatic rings. The van der Waals surface area contributed by atoms with Crippen LogP contribution in [0.15, 0.2) is 12.1 Å². The van der Waals surface area contributed by atoms with Crippen LogP contribution in [0, 0.1) is 11.6 Å². The average molecular weight is 282 g/mol. The molecule has 19 heavy (non-hydrogen) atoms. The van der Waals surface area contributed by atoms with Crippen LogP contribution in [0.5, 0.6) is 0 Å². The minimum atomic E-state index is -4.97. The zero-order valence-electron chi connectivity index (χ0n) is 9.73. The molecule has 1 heterocycles. The van der Waals surface area contributed by atoms with Crippen molar-refractivity contribution in [2.45, 2.75) is 24.6 Å². The zero-order valence-corrected chi connectivity index (χ0v) is 9.73. The van der Waals surface area contributed by atoms with Gasteiger partial charge in [-0.25, -0.2) is 8.78 Å². The highest BCUT2D eigenvalue weighted by atomic mass is 19.4. The van der Waals surface area contributed by atoms with E-state index in [0.29, 0.717) is 6.07 Å². The highest BCUT2D eigenvalue weighted by Gasteiger charge is 2.40. The summed E-state index contributed by atoms with van der Waals surface area (Å²) in [7, 11) is 0. The monoisotopic (exact) mass is 282 g/mol. The molecule has 7 heteroatoms. The second kappa shape index (κ2) is 4.72. The molecule has 2 nitrogen and oxygen atoms in total. The van der Waals surface area contributed by atoms with Crippen LogP contribution in [-0.2, 0) is 16.5 Å². The number of halogens is 5. The van der Waals surface area contributed by atoms with E-state index in [1.807, 2.05) is 0 Å². The van der Waals surface area contributed by atoms with Crippen LogP contribution in [0.25, 0.3) is 0 Å². The Hall–Kier alpha value is -1.21. The van der Waals surface area contributed by atoms with Gasteiger partial charge in [-0.2, -0.15) is 13.2 Å². The molecule has 2 rings (SSSR count). The summed E-state index contributed by atoms with van der Waals surface area (Å²) >= 11 is 0. The molecule has 0 aromatic heterocycles. The van der Waals surface area contributed by atoms with Crippen molar-refractivity contribution < 1.29 is 31.8 Å². The topological polar surface area (TPSA) is 29.5 Å². The lowest BCUT2D eigenvalue weighted by Crippen LogP contribution is -2.34. The molecule has 0 radical (unpaired) electrons. The Morgan fingerprint density at radius 2 is 1.63 bits per heavy atom. The van der Waals surface area contributed by atoms with Crippen LogP contribution >= 0.6 is 0 Å². The Bertz CT molecular complexity index is 478. The molecule has 1 aliphatic rings. The first-order valence-electron chi connectivity index (χ1n) is 5.61. The average Bonchev–Trinajstić information content (AvgIpc) is 2.31. The molecule has 0 bridgehead atoms. The van der Waals surface area contributed by atoms with Crippen molar-refractivity contribution in [1.82, 2.24) is 0 Å². The van der Waals surface area contributed by atoms with Crippen LogP contribution < -0.4 is 0 Å². The van der Waals surface area contributed by atoms with E-state index in [9.17, 15) is 27.1 Å². The molecule has 0 saturated carbocycles. The quantitative estimate of drug-likeness (QED) is 0.802. The van der Waals surface area contributed by atoms with E-state index in [2.05, 4.69) is 0 Å². The van der Waals surface area contributed by atoms with Crippen LogP contribution in [0.2, 0.25) is 0 Å². The third-order valence-corrected chi connectivity index (χ3v) is 3.21. The Morgan fingerprint density at radius 3 is 2.16 bits per heavy atom. The van der Waals surface area contributed by atoms with E-state index >= 15 is 0 Å². The van der Waals surface area contributed by atoms with Crippen LogP contribution in [0.1, 0.15) is 24.0 Å². The van der Waals surface area contributed by atoms with Gasteiger partial charge in [0.2, 0.25) is 0 Å². The first-order chi connectivity index (χ1) is 8.76. The Morgan fingerprint density at radius 1 is 1.05 bits per heavy atom. The predicted octanol–water partition coefficient (Wildman–Crippen LogP) is 2.98. The van der Waals surface area contributed by atoms with E-state index in [4.69, 9.17) is 4.74 Å². The minimum absolute atomic E-state index is 0.00866. The lowest BCUT2D eigenvalue weighted by Gasteiger charge is -2.33. The van der Waals surface area contributed by atoms with E-state index in [1.165, 1.54) is 0 Å². The SMILES string of the molecule is OC1(c2ccc(C(F)(F)F)c(F)c2F)CCOCC1. The number of hydrogen-bond donors (Lipinski definition) is 1. The van der Waals surface area contributed by atoms with Crippen LogP contribution in [0.4, 0.5) is 22.0 Å². The van der Waals surface area contributed by atoms with Crippen molar-refractivity contribution in [1.29, 1.82) is 0 Å². The normalized spacial score (nSPS) is 19.5. The van der Waals surface area contributed by atoms with Gasteiger partial charge < -0.3 is 9.84 Å². The standard InChI is InChI=1S/C12H11F5O2/c13-9-7(11(18)3-5-19-6-4-11)1-2-8(10(9)14)12(15,16)17/h1-2,18H,3-6H2. The molecular weight excluding hydrogens is 271 g/mol. The van der Waals surface area contributed by atoms with E-state index in [1.54, 1.807) is 0 Å². The maximum absolute atomic E-state index is 13.7. The van der Waals surface area contributed by atoms with Gasteiger partial charge in [0.25, 0.3) is 0 Å². The van der Waals surface area contributed by atoms with Gasteiger partial charge in [0.1, 0.15) is 0 Å². The molecule has 0 unspecified atom stereocenters. The molecule has 1 fully saturated rings. The summed E-state index contributed by atoms with van der Waals surface area (Å²) in [6.45, 7) is 0.275. The molecule has 0 aliphatic carbocycles. The van der Waals surface area contributed by atoms with Crippen molar-refractivity contribution in [2.24, 2.45) is 0 Å². The number of rotatable bonds is 1. The molecule has 0 spiro atoms. The molecule has 0 amide bonds. The lowest BCUT2D eigenvalue weighted by atomic mass is 9.85. The van der Waals surface area contributed by atoms with Gasteiger partial charge in [-0.15, -0.1) is 0 Å². The summed E-state index contributed by atoms with van der Waals surface area (Å²) in [5.41, 5.74) is -3.82. The third kappa shape index (κ3) is 2.57. The molecule has 1 aliphatic heterocycles. The number of alkyl halides is 3. The largest absolute Gasteiger partial charge is 0.419 e. The molecule has 1 N–H and O–H groups in total. The minimum Gasteiger partial charge on any atom is -0.385 e. The summed E-state index contributed by atoms with van der Waals surface area (Å²) < 4.78 is 69.4. The van der Waals surface area contributed by atoms with E-state index in [0.717, 1.165) is 6.07 Å². The van der Waals surface area contributed by atoms with E-state index < -0.39 is 34.5 Å². The number of benzene rings is 1. The van der Waals surface area contributed by atoms with Crippen molar-refractivity contribution in [3.63, 3.8) is 0 Å². The predicted molar refractivity (Wildman–Crippen MR) is 55.3 cm³/mol. The molecule has 1 aromatic carbocycles. The van der Waals surface area contributed by atoms with Crippen LogP contribution in [-0.4, -0.2) is 18.3 Å². The van der Waals surface area contributed by atoms with Gasteiger partial charge in [0.05, 0.1) is 11.2 Å². The van der Waals surface area contributed by atoms with Gasteiger partial charge in [-0.1, -0.05) is 6.07 Å². The molecule has 106 valence electrons. The van der Waals surface area contributed by atoms with Gasteiger partial charge in [0.15, 0.2) is 11.6 Å². The molecular formula is C12H11F5O2. The van der Waals surface area contributed by atoms with Gasteiger partial charge in [-0.05, 0) is 6.07 Å². The number of hydrogen-bond acceptors (Lipinski definition) is 2. The Balaban J connectivity index is 2.47. The lowest BCUT2D eigenvalue weighted by molar-refractivity contribution is -0.140. The second-order valence-corrected chi connectivity index (χ2v) is 4.43. The van der Waals surface area contributed by atoms with Crippen molar-refractivity contribution in [3.8, 4) is 0 Å². The zero-order chi connectivity index (χ0) is 14.3. The van der Waals surface area contributed by atoms with Gasteiger partial charge in [0, 0.05) is 31.6 Å². The summed E-state index contributed by atoms with van der Waals surface area (Å²) in [6.07, 6.45) is -4.95.